The van der Waals surface area contributed by atoms with Crippen molar-refractivity contribution >= 4 is 28.1 Å². The van der Waals surface area contributed by atoms with Crippen molar-refractivity contribution in [2.45, 2.75) is 20.2 Å². The molecule has 1 heterocycles. The van der Waals surface area contributed by atoms with Crippen molar-refractivity contribution in [2.75, 3.05) is 32.4 Å². The third-order valence-corrected chi connectivity index (χ3v) is 4.22. The molecule has 0 saturated carbocycles. The predicted octanol–water partition coefficient (Wildman–Crippen LogP) is 4.93. The number of hydrogen-bond donors (Lipinski definition) is 1. The summed E-state index contributed by atoms with van der Waals surface area (Å²) < 4.78 is 139. The molecule has 0 aliphatic heterocycles. The Morgan fingerprint density at radius 1 is 1.48 bits per heavy atom. The van der Waals surface area contributed by atoms with Gasteiger partial charge in [0.25, 0.3) is 0 Å². The molecule has 3 rings (SSSR count). The van der Waals surface area contributed by atoms with Crippen LogP contribution in [0.1, 0.15) is 44.1 Å². The average molecular weight is 462 g/mol. The first-order chi connectivity index (χ1) is 21.9. The molecule has 0 aliphatic rings. The fraction of sp³-hybridized carbons (Fsp3) is 0.269. The maximum atomic E-state index is 14.4. The van der Waals surface area contributed by atoms with Gasteiger partial charge in [0.15, 0.2) is 5.78 Å². The fourth-order valence-electron chi connectivity index (χ4n) is 2.72. The number of anilines is 2. The third-order valence-electron chi connectivity index (χ3n) is 4.22. The van der Waals surface area contributed by atoms with Gasteiger partial charge in [-0.2, -0.15) is 5.26 Å². The zero-order chi connectivity index (χ0) is 36.8. The van der Waals surface area contributed by atoms with E-state index < -0.39 is 127 Å². The number of fused-ring (bicyclic) bond motifs is 1. The highest BCUT2D eigenvalue weighted by atomic mass is 19.1. The van der Waals surface area contributed by atoms with Crippen LogP contribution in [-0.2, 0) is 11.2 Å². The summed E-state index contributed by atoms with van der Waals surface area (Å²) in [6.07, 6.45) is -0.894. The molecule has 0 spiro atoms. The number of ketones is 1. The van der Waals surface area contributed by atoms with Crippen LogP contribution in [0.5, 0.6) is 5.75 Å². The predicted molar refractivity (Wildman–Crippen MR) is 128 cm³/mol. The van der Waals surface area contributed by atoms with Crippen molar-refractivity contribution in [1.82, 2.24) is 9.88 Å². The highest BCUT2D eigenvalue weighted by Gasteiger charge is 2.16. The quantitative estimate of drug-likeness (QED) is 0.456. The number of carbonyl (C=O) groups is 1. The van der Waals surface area contributed by atoms with Gasteiger partial charge < -0.3 is 15.0 Å². The SMILES string of the molecule is [2H]/C(=C\CN(C)C([2H])([2H])[2H])C(=O)Cc1c(OC([2H])([2H])C([2H])([2H])[2H])c([2H])c2nc([2H])c(C#N)c(Nc3c([2H])c([2H])c(F)c(C)c3[2H])c2c1[2H]. The van der Waals surface area contributed by atoms with E-state index in [4.69, 9.17) is 25.3 Å². The Morgan fingerprint density at radius 3 is 3.09 bits per heavy atom. The van der Waals surface area contributed by atoms with Crippen LogP contribution in [0, 0.1) is 24.1 Å². The molecule has 0 atom stereocenters. The summed E-state index contributed by atoms with van der Waals surface area (Å²) in [6, 6.07) is -3.25. The fourth-order valence-corrected chi connectivity index (χ4v) is 2.72. The van der Waals surface area contributed by atoms with Crippen molar-refractivity contribution in [3.8, 4) is 11.8 Å². The Labute approximate surface area is 214 Å². The molecular formula is C26H27FN4O2. The first-order valence-corrected chi connectivity index (χ1v) is 9.36. The van der Waals surface area contributed by atoms with Crippen LogP contribution in [-0.4, -0.2) is 42.8 Å². The number of halogens is 1. The van der Waals surface area contributed by atoms with E-state index in [1.165, 1.54) is 7.05 Å². The number of nitrogens with one attached hydrogen (secondary N) is 1. The molecule has 2 aromatic carbocycles. The molecule has 7 heteroatoms. The van der Waals surface area contributed by atoms with Crippen molar-refractivity contribution in [3.63, 3.8) is 0 Å². The van der Waals surface area contributed by atoms with Gasteiger partial charge in [-0.15, -0.1) is 0 Å². The number of ether oxygens (including phenoxy) is 1. The Kier molecular flexibility index (Phi) is 3.54. The van der Waals surface area contributed by atoms with Crippen LogP contribution in [0.2, 0.25) is 0 Å². The van der Waals surface area contributed by atoms with Gasteiger partial charge in [0.1, 0.15) is 17.6 Å². The topological polar surface area (TPSA) is 78.2 Å². The van der Waals surface area contributed by atoms with Crippen molar-refractivity contribution in [1.29, 1.82) is 5.26 Å². The van der Waals surface area contributed by atoms with E-state index in [-0.39, 0.29) is 5.56 Å². The number of hydrogen-bond acceptors (Lipinski definition) is 6. The second-order valence-electron chi connectivity index (χ2n) is 6.71. The summed E-state index contributed by atoms with van der Waals surface area (Å²) in [6.45, 7) is -8.79. The molecule has 6 nitrogen and oxygen atoms in total. The maximum Gasteiger partial charge on any atom is 0.159 e. The largest absolute Gasteiger partial charge is 0.494 e. The van der Waals surface area contributed by atoms with Gasteiger partial charge in [-0.3, -0.25) is 9.78 Å². The van der Waals surface area contributed by atoms with Crippen LogP contribution < -0.4 is 10.1 Å². The second-order valence-corrected chi connectivity index (χ2v) is 6.71. The first-order valence-electron chi connectivity index (χ1n) is 16.9. The number of allylic oxidation sites excluding steroid dienone is 1. The molecule has 0 fully saturated rings. The van der Waals surface area contributed by atoms with Gasteiger partial charge in [-0.25, -0.2) is 4.39 Å². The van der Waals surface area contributed by atoms with Gasteiger partial charge >= 0.3 is 0 Å². The van der Waals surface area contributed by atoms with E-state index in [0.29, 0.717) is 0 Å². The number of pyridine rings is 1. The van der Waals surface area contributed by atoms with Crippen LogP contribution in [0.25, 0.3) is 10.9 Å². The van der Waals surface area contributed by atoms with Crippen LogP contribution in [0.4, 0.5) is 15.8 Å². The number of likely N-dealkylation sites (N-methyl/N-ethyl adjacent to an activating group) is 1. The molecular weight excluding hydrogens is 419 g/mol. The Morgan fingerprint density at radius 2 is 2.33 bits per heavy atom. The lowest BCUT2D eigenvalue weighted by molar-refractivity contribution is -0.114. The Hall–Kier alpha value is -3.76. The molecule has 0 unspecified atom stereocenters. The Balaban J connectivity index is 2.42. The third kappa shape index (κ3) is 5.93. The number of carbonyl (C=O) groups excluding carboxylic acids is 1. The van der Waals surface area contributed by atoms with Gasteiger partial charge in [-0.1, -0.05) is 6.08 Å². The molecule has 3 aromatic rings. The molecule has 1 aromatic heterocycles. The summed E-state index contributed by atoms with van der Waals surface area (Å²) in [5, 5.41) is 11.9. The maximum absolute atomic E-state index is 14.4. The minimum Gasteiger partial charge on any atom is -0.494 e. The molecule has 0 saturated heterocycles. The highest BCUT2D eigenvalue weighted by molar-refractivity contribution is 5.98. The van der Waals surface area contributed by atoms with Gasteiger partial charge in [-0.05, 0) is 63.6 Å². The number of rotatable bonds is 9. The van der Waals surface area contributed by atoms with E-state index in [0.717, 1.165) is 17.9 Å². The van der Waals surface area contributed by atoms with Crippen LogP contribution in [0.3, 0.4) is 0 Å². The smallest absolute Gasteiger partial charge is 0.159 e. The van der Waals surface area contributed by atoms with E-state index in [1.807, 2.05) is 0 Å². The normalized spacial score (nSPS) is 19.2. The van der Waals surface area contributed by atoms with E-state index in [9.17, 15) is 14.4 Å². The van der Waals surface area contributed by atoms with Crippen LogP contribution in [0.15, 0.2) is 48.5 Å². The van der Waals surface area contributed by atoms with Crippen molar-refractivity contribution < 1.29 is 34.5 Å². The summed E-state index contributed by atoms with van der Waals surface area (Å²) in [5.74, 6) is -3.23. The van der Waals surface area contributed by atoms with Gasteiger partial charge in [0.05, 0.1) is 35.7 Å². The van der Waals surface area contributed by atoms with E-state index in [2.05, 4.69) is 10.3 Å². The zero-order valence-corrected chi connectivity index (χ0v) is 17.5. The number of nitrogens with zero attached hydrogens (tertiary/aromatic N) is 3. The van der Waals surface area contributed by atoms with E-state index in [1.54, 1.807) is 6.07 Å². The number of aromatic nitrogens is 1. The molecule has 1 N–H and O–H groups in total. The summed E-state index contributed by atoms with van der Waals surface area (Å²) >= 11 is 0. The lowest BCUT2D eigenvalue weighted by atomic mass is 10.0. The van der Waals surface area contributed by atoms with Gasteiger partial charge in [0, 0.05) is 50.0 Å². The Bertz CT molecular complexity index is 1860. The molecule has 0 radical (unpaired) electrons. The first kappa shape index (κ1) is 10.9. The van der Waals surface area contributed by atoms with Gasteiger partial charge in [0.2, 0.25) is 0 Å². The second kappa shape index (κ2) is 10.7. The summed E-state index contributed by atoms with van der Waals surface area (Å²) in [4.78, 5) is 17.9. The highest BCUT2D eigenvalue weighted by Crippen LogP contribution is 2.34. The van der Waals surface area contributed by atoms with E-state index >= 15 is 0 Å². The minimum absolute atomic E-state index is 0.360. The van der Waals surface area contributed by atoms with Crippen molar-refractivity contribution in [2.24, 2.45) is 0 Å². The van der Waals surface area contributed by atoms with Crippen LogP contribution >= 0.6 is 0 Å². The monoisotopic (exact) mass is 461 g/mol. The molecule has 0 bridgehead atoms. The molecule has 33 heavy (non-hydrogen) atoms. The lowest BCUT2D eigenvalue weighted by Crippen LogP contribution is -2.11. The van der Waals surface area contributed by atoms with Crippen molar-refractivity contribution in [3.05, 3.63) is 71.0 Å². The average Bonchev–Trinajstić information content (AvgIpc) is 2.98. The summed E-state index contributed by atoms with van der Waals surface area (Å²) in [5.41, 5.74) is -3.32. The number of benzene rings is 2. The minimum atomic E-state index is -3.52. The summed E-state index contributed by atoms with van der Waals surface area (Å²) in [7, 11) is 1.20. The zero-order valence-electron chi connectivity index (χ0n) is 32.5. The molecule has 0 amide bonds. The standard InChI is InChI=1S/C26H27FN4O2/c1-5-33-25-14-24-22(13-18(25)12-21(32)7-6-10-31(3)4)26(19(15-28)16-29-24)30-20-8-9-23(27)17(2)11-20/h6-9,11,13-14,16H,5,10,12H2,1-4H3,(H,29,30)/b7-6+/i1D3,3D3,5D2,7D,8D,9D,11D,13D,14D,16D. The lowest BCUT2D eigenvalue weighted by Gasteiger charge is -2.15. The molecule has 0 aliphatic carbocycles. The number of nitriles is 1. The molecule has 170 valence electrons.